The summed E-state index contributed by atoms with van der Waals surface area (Å²) in [6.45, 7) is 2.67. The van der Waals surface area contributed by atoms with E-state index < -0.39 is 0 Å². The Morgan fingerprint density at radius 3 is 3.20 bits per heavy atom. The molecule has 2 heterocycles. The molecule has 15 heavy (non-hydrogen) atoms. The molecule has 0 bridgehead atoms. The molecule has 0 aromatic carbocycles. The van der Waals surface area contributed by atoms with Crippen molar-refractivity contribution in [2.75, 3.05) is 0 Å². The molecule has 0 N–H and O–H groups in total. The first-order chi connectivity index (χ1) is 7.31. The maximum Gasteiger partial charge on any atom is 0.262 e. The molecule has 0 spiro atoms. The zero-order valence-corrected chi connectivity index (χ0v) is 9.43. The van der Waals surface area contributed by atoms with Gasteiger partial charge in [0.15, 0.2) is 0 Å². The summed E-state index contributed by atoms with van der Waals surface area (Å²) in [5.41, 5.74) is 1.41. The van der Waals surface area contributed by atoms with Crippen LogP contribution in [0.3, 0.4) is 0 Å². The van der Waals surface area contributed by atoms with E-state index in [1.54, 1.807) is 22.2 Å². The van der Waals surface area contributed by atoms with Gasteiger partial charge in [-0.2, -0.15) is 0 Å². The van der Waals surface area contributed by atoms with E-state index in [9.17, 15) is 4.79 Å². The van der Waals surface area contributed by atoms with Crippen LogP contribution in [0.2, 0.25) is 0 Å². The van der Waals surface area contributed by atoms with Gasteiger partial charge < -0.3 is 0 Å². The largest absolute Gasteiger partial charge is 0.299 e. The van der Waals surface area contributed by atoms with Crippen LogP contribution in [0, 0.1) is 0 Å². The van der Waals surface area contributed by atoms with Gasteiger partial charge in [-0.3, -0.25) is 9.36 Å². The van der Waals surface area contributed by atoms with Gasteiger partial charge in [0.25, 0.3) is 5.56 Å². The monoisotopic (exact) mass is 220 g/mol. The molecule has 78 valence electrons. The van der Waals surface area contributed by atoms with Crippen molar-refractivity contribution in [3.05, 3.63) is 27.1 Å². The first kappa shape index (κ1) is 9.09. The first-order valence-electron chi connectivity index (χ1n) is 5.31. The molecule has 3 rings (SSSR count). The highest BCUT2D eigenvalue weighted by Gasteiger charge is 2.20. The van der Waals surface area contributed by atoms with Crippen molar-refractivity contribution >= 4 is 21.6 Å². The maximum atomic E-state index is 12.1. The van der Waals surface area contributed by atoms with E-state index in [1.165, 1.54) is 16.9 Å². The second-order valence-electron chi connectivity index (χ2n) is 3.87. The molecule has 0 aliphatic heterocycles. The second kappa shape index (κ2) is 3.17. The third kappa shape index (κ3) is 1.17. The predicted octanol–water partition coefficient (Wildman–Crippen LogP) is 1.97. The van der Waals surface area contributed by atoms with Crippen LogP contribution in [0.15, 0.2) is 11.1 Å². The van der Waals surface area contributed by atoms with Gasteiger partial charge in [0.05, 0.1) is 11.7 Å². The lowest BCUT2D eigenvalue weighted by Gasteiger charge is -2.00. The average molecular weight is 220 g/mol. The van der Waals surface area contributed by atoms with Crippen LogP contribution in [0.25, 0.3) is 10.2 Å². The smallest absolute Gasteiger partial charge is 0.262 e. The third-order valence-corrected chi connectivity index (χ3v) is 4.23. The highest BCUT2D eigenvalue weighted by atomic mass is 32.1. The molecule has 0 saturated heterocycles. The van der Waals surface area contributed by atoms with Crippen LogP contribution in [-0.2, 0) is 19.4 Å². The topological polar surface area (TPSA) is 34.9 Å². The number of hydrogen-bond donors (Lipinski definition) is 0. The van der Waals surface area contributed by atoms with Crippen LogP contribution in [0.4, 0.5) is 0 Å². The highest BCUT2D eigenvalue weighted by molar-refractivity contribution is 7.18. The molecule has 2 aromatic rings. The fourth-order valence-electron chi connectivity index (χ4n) is 2.24. The lowest BCUT2D eigenvalue weighted by molar-refractivity contribution is 0.717. The Labute approximate surface area is 91.4 Å². The van der Waals surface area contributed by atoms with Crippen molar-refractivity contribution in [2.24, 2.45) is 0 Å². The van der Waals surface area contributed by atoms with Crippen LogP contribution in [0.1, 0.15) is 23.8 Å². The summed E-state index contributed by atoms with van der Waals surface area (Å²) in [5.74, 6) is 0. The molecular weight excluding hydrogens is 208 g/mol. The van der Waals surface area contributed by atoms with E-state index >= 15 is 0 Å². The SMILES string of the molecule is CCn1cnc2sc3c(c2c1=O)CCC3. The molecular formula is C11H12N2OS. The van der Waals surface area contributed by atoms with Crippen LogP contribution in [-0.4, -0.2) is 9.55 Å². The Hall–Kier alpha value is -1.16. The maximum absolute atomic E-state index is 12.1. The predicted molar refractivity (Wildman–Crippen MR) is 61.6 cm³/mol. The third-order valence-electron chi connectivity index (χ3n) is 3.03. The van der Waals surface area contributed by atoms with Gasteiger partial charge in [-0.15, -0.1) is 11.3 Å². The molecule has 0 atom stereocenters. The Morgan fingerprint density at radius 1 is 1.53 bits per heavy atom. The Kier molecular flexibility index (Phi) is 1.92. The zero-order valence-electron chi connectivity index (χ0n) is 8.62. The van der Waals surface area contributed by atoms with Crippen molar-refractivity contribution in [1.29, 1.82) is 0 Å². The number of rotatable bonds is 1. The number of hydrogen-bond acceptors (Lipinski definition) is 3. The Balaban J connectivity index is 2.43. The number of nitrogens with zero attached hydrogens (tertiary/aromatic N) is 2. The summed E-state index contributed by atoms with van der Waals surface area (Å²) in [4.78, 5) is 18.8. The minimum Gasteiger partial charge on any atom is -0.299 e. The summed E-state index contributed by atoms with van der Waals surface area (Å²) >= 11 is 1.70. The van der Waals surface area contributed by atoms with Crippen molar-refractivity contribution < 1.29 is 0 Å². The first-order valence-corrected chi connectivity index (χ1v) is 6.12. The quantitative estimate of drug-likeness (QED) is 0.736. The fraction of sp³-hybridized carbons (Fsp3) is 0.455. The number of aromatic nitrogens is 2. The van der Waals surface area contributed by atoms with Crippen molar-refractivity contribution in [3.63, 3.8) is 0 Å². The average Bonchev–Trinajstić information content (AvgIpc) is 2.77. The van der Waals surface area contributed by atoms with Crippen molar-refractivity contribution in [3.8, 4) is 0 Å². The molecule has 3 nitrogen and oxygen atoms in total. The standard InChI is InChI=1S/C11H12N2OS/c1-2-13-6-12-10-9(11(13)14)7-4-3-5-8(7)15-10/h6H,2-5H2,1H3. The van der Waals surface area contributed by atoms with Gasteiger partial charge in [0.2, 0.25) is 0 Å². The van der Waals surface area contributed by atoms with Gasteiger partial charge in [-0.25, -0.2) is 4.98 Å². The van der Waals surface area contributed by atoms with E-state index in [4.69, 9.17) is 0 Å². The van der Waals surface area contributed by atoms with Crippen molar-refractivity contribution in [1.82, 2.24) is 9.55 Å². The van der Waals surface area contributed by atoms with E-state index in [-0.39, 0.29) is 5.56 Å². The summed E-state index contributed by atoms with van der Waals surface area (Å²) in [6.07, 6.45) is 5.04. The van der Waals surface area contributed by atoms with Crippen LogP contribution >= 0.6 is 11.3 Å². The van der Waals surface area contributed by atoms with Crippen LogP contribution < -0.4 is 5.56 Å². The van der Waals surface area contributed by atoms with E-state index in [2.05, 4.69) is 4.98 Å². The van der Waals surface area contributed by atoms with Gasteiger partial charge in [-0.1, -0.05) is 0 Å². The number of thiophene rings is 1. The second-order valence-corrected chi connectivity index (χ2v) is 4.96. The molecule has 0 radical (unpaired) electrons. The Bertz CT molecular complexity index is 582. The molecule has 1 aliphatic rings. The van der Waals surface area contributed by atoms with E-state index in [1.807, 2.05) is 6.92 Å². The lowest BCUT2D eigenvalue weighted by atomic mass is 10.2. The molecule has 4 heteroatoms. The molecule has 0 unspecified atom stereocenters. The highest BCUT2D eigenvalue weighted by Crippen LogP contribution is 2.34. The van der Waals surface area contributed by atoms with Crippen molar-refractivity contribution in [2.45, 2.75) is 32.7 Å². The molecule has 0 saturated carbocycles. The number of aryl methyl sites for hydroxylation is 3. The molecule has 2 aromatic heterocycles. The van der Waals surface area contributed by atoms with Gasteiger partial charge in [-0.05, 0) is 31.7 Å². The summed E-state index contributed by atoms with van der Waals surface area (Å²) < 4.78 is 1.69. The van der Waals surface area contributed by atoms with Crippen LogP contribution in [0.5, 0.6) is 0 Å². The van der Waals surface area contributed by atoms with Gasteiger partial charge >= 0.3 is 0 Å². The minimum atomic E-state index is 0.141. The Morgan fingerprint density at radius 2 is 2.40 bits per heavy atom. The summed E-state index contributed by atoms with van der Waals surface area (Å²) in [7, 11) is 0. The zero-order chi connectivity index (χ0) is 10.4. The summed E-state index contributed by atoms with van der Waals surface area (Å²) in [5, 5.41) is 0.886. The lowest BCUT2D eigenvalue weighted by Crippen LogP contribution is -2.19. The normalized spacial score (nSPS) is 14.7. The van der Waals surface area contributed by atoms with Gasteiger partial charge in [0.1, 0.15) is 4.83 Å². The number of fused-ring (bicyclic) bond motifs is 3. The van der Waals surface area contributed by atoms with E-state index in [0.29, 0.717) is 6.54 Å². The van der Waals surface area contributed by atoms with Gasteiger partial charge in [0, 0.05) is 11.4 Å². The van der Waals surface area contributed by atoms with E-state index in [0.717, 1.165) is 23.1 Å². The molecule has 0 fully saturated rings. The molecule has 0 amide bonds. The fourth-order valence-corrected chi connectivity index (χ4v) is 3.46. The molecule has 1 aliphatic carbocycles. The minimum absolute atomic E-state index is 0.141. The summed E-state index contributed by atoms with van der Waals surface area (Å²) in [6, 6.07) is 0.